The number of rotatable bonds is 4. The Morgan fingerprint density at radius 1 is 1.29 bits per heavy atom. The maximum Gasteiger partial charge on any atom is 0.127 e. The first-order valence-corrected chi connectivity index (χ1v) is 8.36. The van der Waals surface area contributed by atoms with Gasteiger partial charge in [-0.25, -0.2) is 4.39 Å². The third kappa shape index (κ3) is 3.29. The molecule has 3 rings (SSSR count). The van der Waals surface area contributed by atoms with Crippen LogP contribution >= 0.6 is 0 Å². The number of benzene rings is 1. The molecule has 0 bridgehead atoms. The predicted molar refractivity (Wildman–Crippen MR) is 84.7 cm³/mol. The number of fused-ring (bicyclic) bond motifs is 1. The summed E-state index contributed by atoms with van der Waals surface area (Å²) in [4.78, 5) is 2.29. The smallest absolute Gasteiger partial charge is 0.127 e. The predicted octanol–water partition coefficient (Wildman–Crippen LogP) is 3.74. The van der Waals surface area contributed by atoms with Crippen LogP contribution < -0.4 is 5.32 Å². The summed E-state index contributed by atoms with van der Waals surface area (Å²) in [6.07, 6.45) is 6.80. The molecule has 4 atom stereocenters. The van der Waals surface area contributed by atoms with E-state index in [1.54, 1.807) is 12.1 Å². The van der Waals surface area contributed by atoms with E-state index in [1.165, 1.54) is 32.1 Å². The zero-order valence-corrected chi connectivity index (χ0v) is 13.2. The van der Waals surface area contributed by atoms with E-state index in [9.17, 15) is 4.39 Å². The average molecular weight is 290 g/mol. The van der Waals surface area contributed by atoms with Gasteiger partial charge in [0.1, 0.15) is 5.82 Å². The summed E-state index contributed by atoms with van der Waals surface area (Å²) in [6.45, 7) is 3.10. The highest BCUT2D eigenvalue weighted by molar-refractivity contribution is 5.20. The van der Waals surface area contributed by atoms with Crippen molar-refractivity contribution in [3.05, 3.63) is 35.6 Å². The molecule has 116 valence electrons. The highest BCUT2D eigenvalue weighted by Crippen LogP contribution is 2.34. The number of halogens is 1. The normalized spacial score (nSPS) is 30.4. The summed E-state index contributed by atoms with van der Waals surface area (Å²) < 4.78 is 13.9. The minimum atomic E-state index is -0.0927. The molecule has 1 aliphatic carbocycles. The maximum absolute atomic E-state index is 13.9. The number of likely N-dealkylation sites (N-methyl/N-ethyl adjacent to an activating group) is 1. The van der Waals surface area contributed by atoms with Crippen molar-refractivity contribution in [1.82, 2.24) is 10.2 Å². The molecule has 1 N–H and O–H groups in total. The Labute approximate surface area is 127 Å². The molecule has 2 aliphatic rings. The molecule has 4 unspecified atom stereocenters. The van der Waals surface area contributed by atoms with Gasteiger partial charge in [-0.1, -0.05) is 31.0 Å². The van der Waals surface area contributed by atoms with E-state index in [0.717, 1.165) is 24.1 Å². The van der Waals surface area contributed by atoms with Crippen LogP contribution in [0, 0.1) is 11.7 Å². The van der Waals surface area contributed by atoms with Crippen molar-refractivity contribution >= 4 is 0 Å². The minimum Gasteiger partial charge on any atom is -0.310 e. The average Bonchev–Trinajstić information content (AvgIpc) is 2.89. The first kappa shape index (κ1) is 15.0. The van der Waals surface area contributed by atoms with Gasteiger partial charge in [0.05, 0.1) is 0 Å². The lowest BCUT2D eigenvalue weighted by Gasteiger charge is -2.28. The zero-order valence-electron chi connectivity index (χ0n) is 13.2. The summed E-state index contributed by atoms with van der Waals surface area (Å²) in [5.41, 5.74) is 0.801. The Balaban J connectivity index is 1.59. The molecule has 0 amide bonds. The SMILES string of the molecule is CC(c1ccccc1F)N(C)CC1CC2CCCCC2N1. The molecule has 2 nitrogen and oxygen atoms in total. The Morgan fingerprint density at radius 3 is 2.81 bits per heavy atom. The Morgan fingerprint density at radius 2 is 2.05 bits per heavy atom. The minimum absolute atomic E-state index is 0.0927. The monoisotopic (exact) mass is 290 g/mol. The van der Waals surface area contributed by atoms with Crippen molar-refractivity contribution in [2.45, 2.75) is 57.2 Å². The summed E-state index contributed by atoms with van der Waals surface area (Å²) in [5.74, 6) is 0.783. The van der Waals surface area contributed by atoms with E-state index in [1.807, 2.05) is 12.1 Å². The second-order valence-corrected chi connectivity index (χ2v) is 6.89. The van der Waals surface area contributed by atoms with Crippen LogP contribution in [0.5, 0.6) is 0 Å². The largest absolute Gasteiger partial charge is 0.310 e. The lowest BCUT2D eigenvalue weighted by atomic mass is 9.85. The second kappa shape index (κ2) is 6.45. The molecule has 1 aromatic carbocycles. The van der Waals surface area contributed by atoms with Crippen molar-refractivity contribution in [1.29, 1.82) is 0 Å². The first-order chi connectivity index (χ1) is 10.1. The van der Waals surface area contributed by atoms with Crippen LogP contribution in [-0.2, 0) is 0 Å². The molecule has 0 spiro atoms. The molecule has 2 fully saturated rings. The van der Waals surface area contributed by atoms with Gasteiger partial charge >= 0.3 is 0 Å². The van der Waals surface area contributed by atoms with E-state index in [2.05, 4.69) is 24.2 Å². The van der Waals surface area contributed by atoms with E-state index >= 15 is 0 Å². The maximum atomic E-state index is 13.9. The van der Waals surface area contributed by atoms with E-state index in [0.29, 0.717) is 6.04 Å². The number of hydrogen-bond acceptors (Lipinski definition) is 2. The fourth-order valence-corrected chi connectivity index (χ4v) is 4.13. The van der Waals surface area contributed by atoms with Crippen LogP contribution in [0.4, 0.5) is 4.39 Å². The van der Waals surface area contributed by atoms with Crippen LogP contribution in [0.25, 0.3) is 0 Å². The molecule has 0 radical (unpaired) electrons. The third-order valence-electron chi connectivity index (χ3n) is 5.47. The van der Waals surface area contributed by atoms with Gasteiger partial charge in [-0.3, -0.25) is 4.90 Å². The van der Waals surface area contributed by atoms with E-state index < -0.39 is 0 Å². The van der Waals surface area contributed by atoms with Crippen molar-refractivity contribution in [2.24, 2.45) is 5.92 Å². The molecule has 3 heteroatoms. The van der Waals surface area contributed by atoms with Gasteiger partial charge in [0, 0.05) is 30.2 Å². The summed E-state index contributed by atoms with van der Waals surface area (Å²) in [5, 5.41) is 3.81. The van der Waals surface area contributed by atoms with Gasteiger partial charge in [-0.05, 0) is 45.2 Å². The van der Waals surface area contributed by atoms with Crippen LogP contribution in [-0.4, -0.2) is 30.6 Å². The number of nitrogens with zero attached hydrogens (tertiary/aromatic N) is 1. The molecule has 21 heavy (non-hydrogen) atoms. The first-order valence-electron chi connectivity index (χ1n) is 8.36. The summed E-state index contributed by atoms with van der Waals surface area (Å²) in [6, 6.07) is 8.56. The van der Waals surface area contributed by atoms with Gasteiger partial charge in [-0.2, -0.15) is 0 Å². The van der Waals surface area contributed by atoms with Gasteiger partial charge in [0.15, 0.2) is 0 Å². The molecule has 1 aromatic rings. The van der Waals surface area contributed by atoms with Gasteiger partial charge in [0.25, 0.3) is 0 Å². The zero-order chi connectivity index (χ0) is 14.8. The molecule has 0 aromatic heterocycles. The highest BCUT2D eigenvalue weighted by Gasteiger charge is 2.35. The van der Waals surface area contributed by atoms with Crippen LogP contribution in [0.3, 0.4) is 0 Å². The number of hydrogen-bond donors (Lipinski definition) is 1. The quantitative estimate of drug-likeness (QED) is 0.909. The van der Waals surface area contributed by atoms with Crippen molar-refractivity contribution in [2.75, 3.05) is 13.6 Å². The van der Waals surface area contributed by atoms with E-state index in [-0.39, 0.29) is 11.9 Å². The molecule has 1 saturated heterocycles. The van der Waals surface area contributed by atoms with Crippen LogP contribution in [0.1, 0.15) is 50.6 Å². The van der Waals surface area contributed by atoms with Gasteiger partial charge < -0.3 is 5.32 Å². The standard InChI is InChI=1S/C18H27FN2/c1-13(16-8-4-5-9-17(16)19)21(2)12-15-11-14-7-3-6-10-18(14)20-15/h4-5,8-9,13-15,18,20H,3,6-7,10-12H2,1-2H3. The van der Waals surface area contributed by atoms with Crippen molar-refractivity contribution < 1.29 is 4.39 Å². The highest BCUT2D eigenvalue weighted by atomic mass is 19.1. The van der Waals surface area contributed by atoms with Crippen molar-refractivity contribution in [3.63, 3.8) is 0 Å². The lowest BCUT2D eigenvalue weighted by molar-refractivity contribution is 0.231. The Bertz CT molecular complexity index is 462. The molecule has 1 saturated carbocycles. The van der Waals surface area contributed by atoms with Crippen molar-refractivity contribution in [3.8, 4) is 0 Å². The summed E-state index contributed by atoms with van der Waals surface area (Å²) in [7, 11) is 2.11. The number of nitrogens with one attached hydrogen (secondary N) is 1. The molecular formula is C18H27FN2. The lowest BCUT2D eigenvalue weighted by Crippen LogP contribution is -2.40. The van der Waals surface area contributed by atoms with E-state index in [4.69, 9.17) is 0 Å². The Kier molecular flexibility index (Phi) is 4.60. The molecular weight excluding hydrogens is 263 g/mol. The fourth-order valence-electron chi connectivity index (χ4n) is 4.13. The summed E-state index contributed by atoms with van der Waals surface area (Å²) >= 11 is 0. The van der Waals surface area contributed by atoms with Gasteiger partial charge in [-0.15, -0.1) is 0 Å². The molecule has 1 aliphatic heterocycles. The van der Waals surface area contributed by atoms with Crippen LogP contribution in [0.2, 0.25) is 0 Å². The van der Waals surface area contributed by atoms with Gasteiger partial charge in [0.2, 0.25) is 0 Å². The Hall–Kier alpha value is -0.930. The van der Waals surface area contributed by atoms with Crippen LogP contribution in [0.15, 0.2) is 24.3 Å². The topological polar surface area (TPSA) is 15.3 Å². The second-order valence-electron chi connectivity index (χ2n) is 6.89. The fraction of sp³-hybridized carbons (Fsp3) is 0.667. The molecule has 1 heterocycles. The third-order valence-corrected chi connectivity index (χ3v) is 5.47.